The van der Waals surface area contributed by atoms with Crippen LogP contribution in [0.15, 0.2) is 18.2 Å². The maximum absolute atomic E-state index is 5.41. The molecule has 4 rings (SSSR count). The van der Waals surface area contributed by atoms with Crippen LogP contribution in [0.2, 0.25) is 0 Å². The number of aryl methyl sites for hydroxylation is 2. The molecule has 2 aliphatic rings. The Labute approximate surface area is 132 Å². The molecule has 1 N–H and O–H groups in total. The van der Waals surface area contributed by atoms with E-state index in [1.807, 2.05) is 0 Å². The van der Waals surface area contributed by atoms with Gasteiger partial charge in [-0.25, -0.2) is 0 Å². The van der Waals surface area contributed by atoms with Crippen LogP contribution in [0.3, 0.4) is 0 Å². The summed E-state index contributed by atoms with van der Waals surface area (Å²) in [5.74, 6) is 0.970. The summed E-state index contributed by atoms with van der Waals surface area (Å²) in [6.07, 6.45) is 5.10. The zero-order valence-corrected chi connectivity index (χ0v) is 13.6. The van der Waals surface area contributed by atoms with Gasteiger partial charge < -0.3 is 14.6 Å². The summed E-state index contributed by atoms with van der Waals surface area (Å²) < 4.78 is 7.86. The van der Waals surface area contributed by atoms with Crippen molar-refractivity contribution in [2.24, 2.45) is 7.05 Å². The molecular weight excluding hydrogens is 284 g/mol. The van der Waals surface area contributed by atoms with Crippen LogP contribution >= 0.6 is 12.4 Å². The molecule has 1 aliphatic heterocycles. The van der Waals surface area contributed by atoms with Gasteiger partial charge in [0.05, 0.1) is 7.11 Å². The van der Waals surface area contributed by atoms with Crippen molar-refractivity contribution in [1.29, 1.82) is 0 Å². The van der Waals surface area contributed by atoms with Gasteiger partial charge >= 0.3 is 0 Å². The van der Waals surface area contributed by atoms with E-state index < -0.39 is 0 Å². The Morgan fingerprint density at radius 1 is 1.19 bits per heavy atom. The van der Waals surface area contributed by atoms with E-state index in [0.717, 1.165) is 18.8 Å². The lowest BCUT2D eigenvalue weighted by Crippen LogP contribution is -2.39. The molecule has 1 fully saturated rings. The Balaban J connectivity index is 0.00000132. The zero-order chi connectivity index (χ0) is 13.7. The molecule has 0 saturated carbocycles. The number of ether oxygens (including phenoxy) is 1. The molecule has 0 amide bonds. The van der Waals surface area contributed by atoms with Crippen LogP contribution in [0.1, 0.15) is 30.5 Å². The standard InChI is InChI=1S/C17H22N2O.ClH/c1-19-15-4-3-12(20-2)11-14(15)13-5-6-17(16(13)19)7-9-18-10-8-17;/h3-4,11,18H,5-10H2,1-2H3;1H. The van der Waals surface area contributed by atoms with Gasteiger partial charge in [0.2, 0.25) is 0 Å². The van der Waals surface area contributed by atoms with Crippen molar-refractivity contribution in [3.05, 3.63) is 29.5 Å². The average Bonchev–Trinajstić information content (AvgIpc) is 2.98. The summed E-state index contributed by atoms with van der Waals surface area (Å²) in [4.78, 5) is 0. The Morgan fingerprint density at radius 3 is 2.67 bits per heavy atom. The molecule has 21 heavy (non-hydrogen) atoms. The molecule has 2 aromatic rings. The number of halogens is 1. The summed E-state index contributed by atoms with van der Waals surface area (Å²) >= 11 is 0. The molecule has 1 spiro atoms. The molecular formula is C17H23ClN2O. The van der Waals surface area contributed by atoms with Crippen molar-refractivity contribution >= 4 is 23.3 Å². The third-order valence-corrected chi connectivity index (χ3v) is 5.43. The Hall–Kier alpha value is -1.19. The molecule has 3 nitrogen and oxygen atoms in total. The number of hydrogen-bond acceptors (Lipinski definition) is 2. The molecule has 1 saturated heterocycles. The van der Waals surface area contributed by atoms with E-state index in [2.05, 4.69) is 35.1 Å². The van der Waals surface area contributed by atoms with Gasteiger partial charge in [-0.05, 0) is 62.5 Å². The van der Waals surface area contributed by atoms with E-state index >= 15 is 0 Å². The Bertz CT molecular complexity index is 671. The first kappa shape index (κ1) is 14.7. The van der Waals surface area contributed by atoms with Crippen LogP contribution in [-0.2, 0) is 18.9 Å². The highest BCUT2D eigenvalue weighted by atomic mass is 35.5. The predicted octanol–water partition coefficient (Wildman–Crippen LogP) is 3.18. The van der Waals surface area contributed by atoms with Gasteiger partial charge in [0, 0.05) is 29.1 Å². The SMILES string of the molecule is COc1ccc2c(c1)c1c(n2C)C2(CCNCC2)CC1.Cl. The highest BCUT2D eigenvalue weighted by Crippen LogP contribution is 2.48. The van der Waals surface area contributed by atoms with E-state index in [1.54, 1.807) is 18.4 Å². The largest absolute Gasteiger partial charge is 0.497 e. The molecule has 0 radical (unpaired) electrons. The summed E-state index contributed by atoms with van der Waals surface area (Å²) in [5.41, 5.74) is 4.95. The van der Waals surface area contributed by atoms with Gasteiger partial charge in [-0.3, -0.25) is 0 Å². The van der Waals surface area contributed by atoms with E-state index in [-0.39, 0.29) is 12.4 Å². The third-order valence-electron chi connectivity index (χ3n) is 5.43. The number of aromatic nitrogens is 1. The lowest BCUT2D eigenvalue weighted by molar-refractivity contribution is 0.295. The normalized spacial score (nSPS) is 19.5. The summed E-state index contributed by atoms with van der Waals surface area (Å²) in [6, 6.07) is 6.50. The number of benzene rings is 1. The zero-order valence-electron chi connectivity index (χ0n) is 12.7. The number of rotatable bonds is 1. The smallest absolute Gasteiger partial charge is 0.119 e. The minimum Gasteiger partial charge on any atom is -0.497 e. The van der Waals surface area contributed by atoms with Crippen LogP contribution in [0.4, 0.5) is 0 Å². The van der Waals surface area contributed by atoms with Crippen LogP contribution in [0.25, 0.3) is 10.9 Å². The van der Waals surface area contributed by atoms with Crippen LogP contribution in [0, 0.1) is 0 Å². The fraction of sp³-hybridized carbons (Fsp3) is 0.529. The van der Waals surface area contributed by atoms with Crippen LogP contribution in [0.5, 0.6) is 5.75 Å². The van der Waals surface area contributed by atoms with E-state index in [4.69, 9.17) is 4.74 Å². The molecule has 114 valence electrons. The number of nitrogens with one attached hydrogen (secondary N) is 1. The maximum atomic E-state index is 5.41. The van der Waals surface area contributed by atoms with Gasteiger partial charge in [-0.2, -0.15) is 0 Å². The molecule has 1 aromatic carbocycles. The fourth-order valence-corrected chi connectivity index (χ4v) is 4.43. The summed E-state index contributed by atoms with van der Waals surface area (Å²) in [7, 11) is 3.99. The van der Waals surface area contributed by atoms with Crippen molar-refractivity contribution in [2.45, 2.75) is 31.1 Å². The van der Waals surface area contributed by atoms with Crippen LogP contribution in [-0.4, -0.2) is 24.8 Å². The van der Waals surface area contributed by atoms with E-state index in [0.29, 0.717) is 5.41 Å². The third kappa shape index (κ3) is 1.98. The lowest BCUT2D eigenvalue weighted by Gasteiger charge is -2.35. The topological polar surface area (TPSA) is 26.2 Å². The quantitative estimate of drug-likeness (QED) is 0.876. The van der Waals surface area contributed by atoms with Gasteiger partial charge in [-0.15, -0.1) is 12.4 Å². The Morgan fingerprint density at radius 2 is 1.95 bits per heavy atom. The predicted molar refractivity (Wildman–Crippen MR) is 88.8 cm³/mol. The molecule has 1 aromatic heterocycles. The number of nitrogens with zero attached hydrogens (tertiary/aromatic N) is 1. The second kappa shape index (κ2) is 5.22. The van der Waals surface area contributed by atoms with Gasteiger partial charge in [-0.1, -0.05) is 0 Å². The van der Waals surface area contributed by atoms with Crippen molar-refractivity contribution in [1.82, 2.24) is 9.88 Å². The van der Waals surface area contributed by atoms with Crippen molar-refractivity contribution in [3.8, 4) is 5.75 Å². The number of hydrogen-bond donors (Lipinski definition) is 1. The monoisotopic (exact) mass is 306 g/mol. The van der Waals surface area contributed by atoms with Gasteiger partial charge in [0.25, 0.3) is 0 Å². The minimum atomic E-state index is 0. The van der Waals surface area contributed by atoms with Gasteiger partial charge in [0.15, 0.2) is 0 Å². The average molecular weight is 307 g/mol. The van der Waals surface area contributed by atoms with Crippen molar-refractivity contribution < 1.29 is 4.74 Å². The van der Waals surface area contributed by atoms with Crippen LogP contribution < -0.4 is 10.1 Å². The van der Waals surface area contributed by atoms with E-state index in [9.17, 15) is 0 Å². The van der Waals surface area contributed by atoms with Crippen molar-refractivity contribution in [3.63, 3.8) is 0 Å². The highest BCUT2D eigenvalue weighted by Gasteiger charge is 2.42. The van der Waals surface area contributed by atoms with Gasteiger partial charge in [0.1, 0.15) is 5.75 Å². The molecule has 0 atom stereocenters. The first-order valence-corrected chi connectivity index (χ1v) is 7.62. The maximum Gasteiger partial charge on any atom is 0.119 e. The first-order chi connectivity index (χ1) is 9.75. The minimum absolute atomic E-state index is 0. The Kier molecular flexibility index (Phi) is 3.66. The summed E-state index contributed by atoms with van der Waals surface area (Å²) in [6.45, 7) is 2.31. The number of methoxy groups -OCH3 is 1. The molecule has 1 aliphatic carbocycles. The van der Waals surface area contributed by atoms with Crippen molar-refractivity contribution in [2.75, 3.05) is 20.2 Å². The second-order valence-electron chi connectivity index (χ2n) is 6.30. The molecule has 4 heteroatoms. The second-order valence-corrected chi connectivity index (χ2v) is 6.30. The summed E-state index contributed by atoms with van der Waals surface area (Å²) in [5, 5.41) is 4.91. The lowest BCUT2D eigenvalue weighted by atomic mass is 9.76. The van der Waals surface area contributed by atoms with E-state index in [1.165, 1.54) is 36.6 Å². The fourth-order valence-electron chi connectivity index (χ4n) is 4.43. The molecule has 0 unspecified atom stereocenters. The highest BCUT2D eigenvalue weighted by molar-refractivity contribution is 5.88. The molecule has 0 bridgehead atoms. The number of fused-ring (bicyclic) bond motifs is 4. The number of piperidine rings is 1. The molecule has 2 heterocycles. The first-order valence-electron chi connectivity index (χ1n) is 7.62.